The number of nitrogens with one attached hydrogen (secondary N) is 1. The van der Waals surface area contributed by atoms with Gasteiger partial charge in [-0.05, 0) is 48.6 Å². The number of sulfonamides is 1. The molecule has 3 aliphatic rings. The first-order chi connectivity index (χ1) is 21.4. The van der Waals surface area contributed by atoms with Crippen molar-refractivity contribution >= 4 is 26.0 Å². The zero-order valence-electron chi connectivity index (χ0n) is 25.6. The predicted octanol–water partition coefficient (Wildman–Crippen LogP) is 2.21. The lowest BCUT2D eigenvalue weighted by atomic mass is 9.85. The van der Waals surface area contributed by atoms with Crippen LogP contribution in [-0.2, 0) is 40.5 Å². The highest BCUT2D eigenvalue weighted by molar-refractivity contribution is 7.91. The van der Waals surface area contributed by atoms with Gasteiger partial charge in [-0.3, -0.25) is 0 Å². The van der Waals surface area contributed by atoms with Gasteiger partial charge in [0.25, 0.3) is 0 Å². The number of carbonyl (C=O) groups is 1. The third-order valence-electron chi connectivity index (χ3n) is 8.56. The summed E-state index contributed by atoms with van der Waals surface area (Å²) in [7, 11) is -6.08. The number of rotatable bonds is 12. The summed E-state index contributed by atoms with van der Waals surface area (Å²) in [6.07, 6.45) is -3.48. The molecule has 2 aromatic rings. The highest BCUT2D eigenvalue weighted by Gasteiger charge is 2.56. The number of hydrogen-bond acceptors (Lipinski definition) is 10. The first-order valence-electron chi connectivity index (χ1n) is 15.2. The number of aliphatic hydroxyl groups excluding tert-OH is 1. The van der Waals surface area contributed by atoms with Crippen LogP contribution in [0.2, 0.25) is 0 Å². The van der Waals surface area contributed by atoms with Crippen LogP contribution in [0.3, 0.4) is 0 Å². The van der Waals surface area contributed by atoms with Crippen molar-refractivity contribution in [2.75, 3.05) is 38.3 Å². The van der Waals surface area contributed by atoms with Crippen LogP contribution in [-0.4, -0.2) is 101 Å². The Morgan fingerprint density at radius 1 is 1.09 bits per heavy atom. The lowest BCUT2D eigenvalue weighted by Gasteiger charge is -2.35. The summed E-state index contributed by atoms with van der Waals surface area (Å²) in [4.78, 5) is 13.4. The topological polar surface area (TPSA) is 158 Å². The molecule has 3 aliphatic heterocycles. The predicted molar refractivity (Wildman–Crippen MR) is 165 cm³/mol. The minimum Gasteiger partial charge on any atom is -0.497 e. The molecule has 0 aliphatic carbocycles. The van der Waals surface area contributed by atoms with E-state index in [0.717, 1.165) is 5.56 Å². The Morgan fingerprint density at radius 2 is 1.80 bits per heavy atom. The molecule has 0 aromatic heterocycles. The Morgan fingerprint density at radius 3 is 2.47 bits per heavy atom. The van der Waals surface area contributed by atoms with Crippen LogP contribution in [0, 0.1) is 17.8 Å². The molecule has 3 heterocycles. The number of alkyl carbamates (subject to hydrolysis) is 1. The van der Waals surface area contributed by atoms with Crippen LogP contribution in [0.1, 0.15) is 25.8 Å². The number of methoxy groups -OCH3 is 1. The van der Waals surface area contributed by atoms with E-state index in [0.29, 0.717) is 18.8 Å². The first kappa shape index (κ1) is 33.6. The summed E-state index contributed by atoms with van der Waals surface area (Å²) in [5.74, 6) is -0.454. The van der Waals surface area contributed by atoms with Crippen LogP contribution in [0.5, 0.6) is 5.75 Å². The number of ether oxygens (including phenoxy) is 4. The van der Waals surface area contributed by atoms with E-state index in [2.05, 4.69) is 5.32 Å². The van der Waals surface area contributed by atoms with E-state index in [-0.39, 0.29) is 53.7 Å². The Hall–Kier alpha value is -2.75. The largest absolute Gasteiger partial charge is 0.497 e. The Bertz CT molecular complexity index is 1520. The summed E-state index contributed by atoms with van der Waals surface area (Å²) in [6, 6.07) is 14.2. The number of benzene rings is 2. The molecule has 3 fully saturated rings. The van der Waals surface area contributed by atoms with Crippen molar-refractivity contribution in [2.45, 2.75) is 62.2 Å². The number of fused-ring (bicyclic) bond motifs is 3. The molecule has 3 saturated heterocycles. The van der Waals surface area contributed by atoms with Gasteiger partial charge in [0.1, 0.15) is 11.9 Å². The van der Waals surface area contributed by atoms with Crippen LogP contribution < -0.4 is 10.1 Å². The van der Waals surface area contributed by atoms with Crippen molar-refractivity contribution in [3.8, 4) is 5.75 Å². The molecule has 0 unspecified atom stereocenters. The standard InChI is InChI=1S/C31H42N2O10S2/c1-20(2)16-33(45(38,39)23-11-9-22(40-3)10-12-23)17-26(34)25(15-21-7-5-4-6-8-21)32-31(35)43-28-19-44(36,37)18-27-29(28)24-13-14-41-30(24)42-27/h4-12,20,24-30,34H,13-19H2,1-3H3,(H,32,35)/t24-,25+,26-,27-,28+,29-,30+/m1/s1. The molecule has 14 heteroatoms. The summed E-state index contributed by atoms with van der Waals surface area (Å²) in [6.45, 7) is 4.06. The number of nitrogens with zero attached hydrogens (tertiary/aromatic N) is 1. The molecule has 248 valence electrons. The normalized spacial score (nSPS) is 27.0. The van der Waals surface area contributed by atoms with Gasteiger partial charge in [-0.1, -0.05) is 44.2 Å². The van der Waals surface area contributed by atoms with Gasteiger partial charge in [0.05, 0.1) is 48.4 Å². The number of carbonyl (C=O) groups excluding carboxylic acids is 1. The first-order valence-corrected chi connectivity index (χ1v) is 18.4. The molecule has 45 heavy (non-hydrogen) atoms. The quantitative estimate of drug-likeness (QED) is 0.344. The molecular weight excluding hydrogens is 624 g/mol. The SMILES string of the molecule is COc1ccc(S(=O)(=O)N(CC(C)C)C[C@@H](O)[C@H](Cc2ccccc2)NC(=O)O[C@H]2CS(=O)(=O)C[C@H]3O[C@@H]4OCC[C@@H]4[C@@H]23)cc1. The Balaban J connectivity index is 1.35. The van der Waals surface area contributed by atoms with Crippen molar-refractivity contribution in [3.63, 3.8) is 0 Å². The summed E-state index contributed by atoms with van der Waals surface area (Å²) in [5, 5.41) is 14.3. The minimum atomic E-state index is -4.02. The maximum atomic E-state index is 13.7. The summed E-state index contributed by atoms with van der Waals surface area (Å²) >= 11 is 0. The van der Waals surface area contributed by atoms with Crippen LogP contribution >= 0.6 is 0 Å². The molecule has 0 saturated carbocycles. The molecule has 0 bridgehead atoms. The van der Waals surface area contributed by atoms with Gasteiger partial charge in [0.2, 0.25) is 10.0 Å². The maximum absolute atomic E-state index is 13.7. The molecule has 2 N–H and O–H groups in total. The minimum absolute atomic E-state index is 0.0455. The second-order valence-corrected chi connectivity index (χ2v) is 16.5. The van der Waals surface area contributed by atoms with Gasteiger partial charge in [0.15, 0.2) is 16.1 Å². The van der Waals surface area contributed by atoms with E-state index >= 15 is 0 Å². The molecule has 12 nitrogen and oxygen atoms in total. The van der Waals surface area contributed by atoms with Crippen LogP contribution in [0.15, 0.2) is 59.5 Å². The van der Waals surface area contributed by atoms with Crippen molar-refractivity contribution < 1.29 is 45.7 Å². The van der Waals surface area contributed by atoms with E-state index in [1.807, 2.05) is 44.2 Å². The average molecular weight is 667 g/mol. The second kappa shape index (κ2) is 13.9. The molecule has 5 rings (SSSR count). The van der Waals surface area contributed by atoms with Gasteiger partial charge < -0.3 is 29.4 Å². The Labute approximate surface area is 265 Å². The number of sulfone groups is 1. The van der Waals surface area contributed by atoms with Crippen LogP contribution in [0.4, 0.5) is 4.79 Å². The number of hydrogen-bond donors (Lipinski definition) is 2. The fraction of sp³-hybridized carbons (Fsp3) is 0.581. The molecule has 1 amide bonds. The van der Waals surface area contributed by atoms with E-state index in [1.165, 1.54) is 23.5 Å². The third-order valence-corrected chi connectivity index (χ3v) is 12.1. The smallest absolute Gasteiger partial charge is 0.407 e. The average Bonchev–Trinajstić information content (AvgIpc) is 3.57. The van der Waals surface area contributed by atoms with E-state index in [4.69, 9.17) is 18.9 Å². The fourth-order valence-electron chi connectivity index (χ4n) is 6.48. The van der Waals surface area contributed by atoms with E-state index in [9.17, 15) is 26.7 Å². The van der Waals surface area contributed by atoms with Crippen molar-refractivity contribution in [1.29, 1.82) is 0 Å². The molecule has 7 atom stereocenters. The molecule has 0 spiro atoms. The van der Waals surface area contributed by atoms with Crippen molar-refractivity contribution in [2.24, 2.45) is 17.8 Å². The fourth-order valence-corrected chi connectivity index (χ4v) is 9.83. The van der Waals surface area contributed by atoms with Gasteiger partial charge in [-0.2, -0.15) is 4.31 Å². The second-order valence-electron chi connectivity index (χ2n) is 12.4. The number of amides is 1. The van der Waals surface area contributed by atoms with E-state index in [1.54, 1.807) is 12.1 Å². The lowest BCUT2D eigenvalue weighted by molar-refractivity contribution is -0.114. The lowest BCUT2D eigenvalue weighted by Crippen LogP contribution is -2.53. The zero-order chi connectivity index (χ0) is 32.4. The molecule has 2 aromatic carbocycles. The maximum Gasteiger partial charge on any atom is 0.407 e. The van der Waals surface area contributed by atoms with Crippen LogP contribution in [0.25, 0.3) is 0 Å². The highest BCUT2D eigenvalue weighted by atomic mass is 32.2. The van der Waals surface area contributed by atoms with E-state index < -0.39 is 56.6 Å². The van der Waals surface area contributed by atoms with Gasteiger partial charge in [0, 0.05) is 24.9 Å². The summed E-state index contributed by atoms with van der Waals surface area (Å²) < 4.78 is 76.4. The van der Waals surface area contributed by atoms with Crippen molar-refractivity contribution in [3.05, 3.63) is 60.2 Å². The van der Waals surface area contributed by atoms with Gasteiger partial charge in [-0.15, -0.1) is 0 Å². The third kappa shape index (κ3) is 7.98. The molecule has 0 radical (unpaired) electrons. The monoisotopic (exact) mass is 666 g/mol. The van der Waals surface area contributed by atoms with Gasteiger partial charge >= 0.3 is 6.09 Å². The summed E-state index contributed by atoms with van der Waals surface area (Å²) in [5.41, 5.74) is 0.797. The zero-order valence-corrected chi connectivity index (χ0v) is 27.3. The highest BCUT2D eigenvalue weighted by Crippen LogP contribution is 2.45. The Kier molecular flexibility index (Phi) is 10.4. The van der Waals surface area contributed by atoms with Gasteiger partial charge in [-0.25, -0.2) is 21.6 Å². The molecular formula is C31H42N2O10S2. The van der Waals surface area contributed by atoms with Crippen molar-refractivity contribution in [1.82, 2.24) is 9.62 Å². The number of aliphatic hydroxyl groups is 1.